The summed E-state index contributed by atoms with van der Waals surface area (Å²) in [4.78, 5) is 0. The van der Waals surface area contributed by atoms with E-state index in [2.05, 4.69) is 5.32 Å². The maximum absolute atomic E-state index is 5.80. The molecule has 0 saturated heterocycles. The third-order valence-electron chi connectivity index (χ3n) is 2.84. The van der Waals surface area contributed by atoms with Crippen molar-refractivity contribution in [1.82, 2.24) is 5.32 Å². The molecule has 1 rings (SSSR count). The van der Waals surface area contributed by atoms with Gasteiger partial charge in [0.1, 0.15) is 0 Å². The lowest BCUT2D eigenvalue weighted by molar-refractivity contribution is -0.0297. The summed E-state index contributed by atoms with van der Waals surface area (Å²) in [5.41, 5.74) is 0. The van der Waals surface area contributed by atoms with Gasteiger partial charge in [-0.2, -0.15) is 0 Å². The molecule has 0 bridgehead atoms. The maximum Gasteiger partial charge on any atom is 0.0599 e. The van der Waals surface area contributed by atoms with Gasteiger partial charge >= 0.3 is 0 Å². The van der Waals surface area contributed by atoms with Crippen LogP contribution in [0.2, 0.25) is 0 Å². The molecule has 0 aromatic carbocycles. The average molecular weight is 201 g/mol. The summed E-state index contributed by atoms with van der Waals surface area (Å²) in [5.74, 6) is 0. The van der Waals surface area contributed by atoms with Crippen molar-refractivity contribution in [1.29, 1.82) is 0 Å². The molecule has 0 amide bonds. The summed E-state index contributed by atoms with van der Waals surface area (Å²) in [6.07, 6.45) is 6.70. The Morgan fingerprint density at radius 3 is 2.79 bits per heavy atom. The zero-order chi connectivity index (χ0) is 10.2. The Morgan fingerprint density at radius 1 is 1.29 bits per heavy atom. The van der Waals surface area contributed by atoms with Crippen molar-refractivity contribution in [3.8, 4) is 0 Å². The third-order valence-corrected chi connectivity index (χ3v) is 2.84. The van der Waals surface area contributed by atoms with Crippen LogP contribution in [0.5, 0.6) is 0 Å². The molecule has 0 spiro atoms. The Hall–Kier alpha value is -0.120. The molecule has 1 aliphatic rings. The van der Waals surface area contributed by atoms with Crippen LogP contribution in [-0.2, 0) is 9.47 Å². The Morgan fingerprint density at radius 2 is 2.07 bits per heavy atom. The first-order chi connectivity index (χ1) is 6.86. The van der Waals surface area contributed by atoms with Crippen LogP contribution in [0.3, 0.4) is 0 Å². The predicted molar refractivity (Wildman–Crippen MR) is 57.5 cm³/mol. The van der Waals surface area contributed by atoms with E-state index < -0.39 is 0 Å². The molecule has 2 unspecified atom stereocenters. The molecule has 3 heteroatoms. The molecule has 0 heterocycles. The van der Waals surface area contributed by atoms with Crippen molar-refractivity contribution in [3.63, 3.8) is 0 Å². The summed E-state index contributed by atoms with van der Waals surface area (Å²) in [6, 6.07) is 0. The topological polar surface area (TPSA) is 30.5 Å². The first-order valence-corrected chi connectivity index (χ1v) is 5.65. The predicted octanol–water partition coefficient (Wildman–Crippen LogP) is 1.57. The molecule has 0 aliphatic heterocycles. The second kappa shape index (κ2) is 7.21. The number of hydrogen-bond acceptors (Lipinski definition) is 3. The second-order valence-corrected chi connectivity index (χ2v) is 3.97. The van der Waals surface area contributed by atoms with E-state index in [1.165, 1.54) is 19.3 Å². The summed E-state index contributed by atoms with van der Waals surface area (Å²) in [7, 11) is 3.77. The molecular formula is C11H23NO2. The lowest BCUT2D eigenvalue weighted by Gasteiger charge is -2.28. The van der Waals surface area contributed by atoms with Crippen LogP contribution in [0, 0.1) is 0 Å². The van der Waals surface area contributed by atoms with Gasteiger partial charge in [0, 0.05) is 13.7 Å². The van der Waals surface area contributed by atoms with Crippen molar-refractivity contribution >= 4 is 0 Å². The van der Waals surface area contributed by atoms with E-state index in [1.54, 1.807) is 7.11 Å². The van der Waals surface area contributed by atoms with Crippen LogP contribution in [0.1, 0.15) is 32.1 Å². The van der Waals surface area contributed by atoms with Crippen LogP contribution < -0.4 is 5.32 Å². The van der Waals surface area contributed by atoms with Gasteiger partial charge in [0.15, 0.2) is 0 Å². The maximum atomic E-state index is 5.80. The first kappa shape index (κ1) is 12.0. The Kier molecular flexibility index (Phi) is 6.15. The van der Waals surface area contributed by atoms with E-state index in [9.17, 15) is 0 Å². The Balaban J connectivity index is 2.05. The SMILES string of the molecule is CNCCCOC1CCCC(OC)C1. The minimum absolute atomic E-state index is 0.429. The molecule has 0 aromatic heterocycles. The van der Waals surface area contributed by atoms with Gasteiger partial charge in [-0.25, -0.2) is 0 Å². The van der Waals surface area contributed by atoms with E-state index >= 15 is 0 Å². The minimum atomic E-state index is 0.429. The number of rotatable bonds is 6. The number of methoxy groups -OCH3 is 1. The van der Waals surface area contributed by atoms with Crippen LogP contribution in [0.15, 0.2) is 0 Å². The van der Waals surface area contributed by atoms with Crippen molar-refractivity contribution in [3.05, 3.63) is 0 Å². The van der Waals surface area contributed by atoms with Crippen LogP contribution in [0.25, 0.3) is 0 Å². The smallest absolute Gasteiger partial charge is 0.0599 e. The van der Waals surface area contributed by atoms with Crippen molar-refractivity contribution in [2.45, 2.75) is 44.3 Å². The Bertz CT molecular complexity index is 141. The van der Waals surface area contributed by atoms with Gasteiger partial charge in [-0.1, -0.05) is 0 Å². The zero-order valence-corrected chi connectivity index (χ0v) is 9.42. The van der Waals surface area contributed by atoms with Gasteiger partial charge < -0.3 is 14.8 Å². The van der Waals surface area contributed by atoms with Gasteiger partial charge in [0.2, 0.25) is 0 Å². The monoisotopic (exact) mass is 201 g/mol. The van der Waals surface area contributed by atoms with E-state index in [-0.39, 0.29) is 0 Å². The highest BCUT2D eigenvalue weighted by molar-refractivity contribution is 4.73. The van der Waals surface area contributed by atoms with Crippen molar-refractivity contribution in [2.24, 2.45) is 0 Å². The fourth-order valence-electron chi connectivity index (χ4n) is 1.97. The molecule has 84 valence electrons. The van der Waals surface area contributed by atoms with Gasteiger partial charge in [0.25, 0.3) is 0 Å². The van der Waals surface area contributed by atoms with E-state index in [4.69, 9.17) is 9.47 Å². The number of hydrogen-bond donors (Lipinski definition) is 1. The summed E-state index contributed by atoms with van der Waals surface area (Å²) < 4.78 is 11.2. The molecule has 2 atom stereocenters. The molecule has 1 aliphatic carbocycles. The molecule has 3 nitrogen and oxygen atoms in total. The average Bonchev–Trinajstić information content (AvgIpc) is 2.25. The largest absolute Gasteiger partial charge is 0.381 e. The lowest BCUT2D eigenvalue weighted by atomic mass is 9.95. The fourth-order valence-corrected chi connectivity index (χ4v) is 1.97. The quantitative estimate of drug-likeness (QED) is 0.662. The standard InChI is InChI=1S/C11H23NO2/c1-12-7-4-8-14-11-6-3-5-10(9-11)13-2/h10-12H,3-9H2,1-2H3. The first-order valence-electron chi connectivity index (χ1n) is 5.65. The summed E-state index contributed by atoms with van der Waals surface area (Å²) >= 11 is 0. The minimum Gasteiger partial charge on any atom is -0.381 e. The molecule has 1 fully saturated rings. The highest BCUT2D eigenvalue weighted by atomic mass is 16.5. The van der Waals surface area contributed by atoms with Crippen LogP contribution >= 0.6 is 0 Å². The highest BCUT2D eigenvalue weighted by Crippen LogP contribution is 2.22. The molecule has 14 heavy (non-hydrogen) atoms. The normalized spacial score (nSPS) is 27.9. The summed E-state index contributed by atoms with van der Waals surface area (Å²) in [6.45, 7) is 1.92. The lowest BCUT2D eigenvalue weighted by Crippen LogP contribution is -2.28. The van der Waals surface area contributed by atoms with Crippen molar-refractivity contribution < 1.29 is 9.47 Å². The van der Waals surface area contributed by atoms with E-state index in [0.717, 1.165) is 26.0 Å². The molecule has 1 saturated carbocycles. The number of nitrogens with one attached hydrogen (secondary N) is 1. The fraction of sp³-hybridized carbons (Fsp3) is 1.00. The van der Waals surface area contributed by atoms with Gasteiger partial charge in [-0.3, -0.25) is 0 Å². The van der Waals surface area contributed by atoms with Gasteiger partial charge in [0.05, 0.1) is 12.2 Å². The van der Waals surface area contributed by atoms with Crippen molar-refractivity contribution in [2.75, 3.05) is 27.3 Å². The second-order valence-electron chi connectivity index (χ2n) is 3.97. The van der Waals surface area contributed by atoms with Gasteiger partial charge in [-0.15, -0.1) is 0 Å². The van der Waals surface area contributed by atoms with Gasteiger partial charge in [-0.05, 0) is 45.7 Å². The molecule has 0 aromatic rings. The molecular weight excluding hydrogens is 178 g/mol. The molecule has 1 N–H and O–H groups in total. The third kappa shape index (κ3) is 4.40. The zero-order valence-electron chi connectivity index (χ0n) is 9.42. The van der Waals surface area contributed by atoms with E-state index in [1.807, 2.05) is 7.05 Å². The molecule has 0 radical (unpaired) electrons. The van der Waals surface area contributed by atoms with Crippen LogP contribution in [-0.4, -0.2) is 39.5 Å². The van der Waals surface area contributed by atoms with E-state index in [0.29, 0.717) is 12.2 Å². The highest BCUT2D eigenvalue weighted by Gasteiger charge is 2.21. The Labute approximate surface area is 87.2 Å². The summed E-state index contributed by atoms with van der Waals surface area (Å²) in [5, 5.41) is 3.12. The van der Waals surface area contributed by atoms with Crippen LogP contribution in [0.4, 0.5) is 0 Å². The number of ether oxygens (including phenoxy) is 2.